The van der Waals surface area contributed by atoms with Crippen LogP contribution in [-0.2, 0) is 0 Å². The van der Waals surface area contributed by atoms with E-state index in [1.165, 1.54) is 21.5 Å². The Morgan fingerprint density at radius 2 is 1.04 bits per heavy atom. The van der Waals surface area contributed by atoms with E-state index in [1.54, 1.807) is 0 Å². The van der Waals surface area contributed by atoms with Gasteiger partial charge in [0.15, 0.2) is 0 Å². The summed E-state index contributed by atoms with van der Waals surface area (Å²) in [5, 5.41) is 12.5. The monoisotopic (exact) mass is 611 g/mol. The topological polar surface area (TPSA) is 39.2 Å². The van der Waals surface area contributed by atoms with E-state index in [2.05, 4.69) is 133 Å². The minimum Gasteiger partial charge on any atom is -0.455 e. The highest BCUT2D eigenvalue weighted by atomic mass is 16.3. The fraction of sp³-hybridized carbons (Fsp3) is 0. The molecule has 3 heterocycles. The molecule has 0 bridgehead atoms. The molecule has 0 saturated carbocycles. The Balaban J connectivity index is 1.25. The summed E-state index contributed by atoms with van der Waals surface area (Å²) >= 11 is 0. The molecule has 11 aromatic rings. The number of pyridine rings is 1. The molecule has 48 heavy (non-hydrogen) atoms. The number of rotatable bonds is 2. The van der Waals surface area contributed by atoms with E-state index >= 15 is 0 Å². The zero-order chi connectivity index (χ0) is 31.3. The van der Waals surface area contributed by atoms with E-state index < -0.39 is 0 Å². The van der Waals surface area contributed by atoms with Gasteiger partial charge in [0.1, 0.15) is 22.3 Å². The van der Waals surface area contributed by atoms with E-state index in [0.29, 0.717) is 0 Å². The molecule has 0 saturated heterocycles. The van der Waals surface area contributed by atoms with Crippen molar-refractivity contribution >= 4 is 87.1 Å². The summed E-state index contributed by atoms with van der Waals surface area (Å²) in [6, 6.07) is 53.5. The minimum atomic E-state index is 0.888. The third-order valence-electron chi connectivity index (χ3n) is 9.99. The average Bonchev–Trinajstić information content (AvgIpc) is 3.72. The molecule has 0 radical (unpaired) electrons. The molecule has 11 rings (SSSR count). The first-order chi connectivity index (χ1) is 23.8. The van der Waals surface area contributed by atoms with Crippen LogP contribution in [0.3, 0.4) is 0 Å². The van der Waals surface area contributed by atoms with Crippen LogP contribution in [0.15, 0.2) is 160 Å². The lowest BCUT2D eigenvalue weighted by molar-refractivity contribution is 0.670. The summed E-state index contributed by atoms with van der Waals surface area (Å²) in [6.45, 7) is 0. The van der Waals surface area contributed by atoms with Gasteiger partial charge < -0.3 is 8.83 Å². The van der Waals surface area contributed by atoms with Gasteiger partial charge in [-0.25, -0.2) is 4.98 Å². The van der Waals surface area contributed by atoms with Crippen molar-refractivity contribution in [2.75, 3.05) is 0 Å². The fourth-order valence-electron chi connectivity index (χ4n) is 7.78. The number of benzene rings is 8. The van der Waals surface area contributed by atoms with Crippen LogP contribution >= 0.6 is 0 Å². The number of furan rings is 2. The Morgan fingerprint density at radius 3 is 1.92 bits per heavy atom. The van der Waals surface area contributed by atoms with Crippen molar-refractivity contribution in [2.45, 2.75) is 0 Å². The molecule has 0 aliphatic rings. The highest BCUT2D eigenvalue weighted by Crippen LogP contribution is 2.45. The van der Waals surface area contributed by atoms with Crippen molar-refractivity contribution < 1.29 is 8.83 Å². The minimum absolute atomic E-state index is 0.888. The van der Waals surface area contributed by atoms with Crippen LogP contribution in [0, 0.1) is 0 Å². The van der Waals surface area contributed by atoms with Crippen molar-refractivity contribution in [1.29, 1.82) is 0 Å². The maximum absolute atomic E-state index is 6.79. The second kappa shape index (κ2) is 9.54. The van der Waals surface area contributed by atoms with Crippen molar-refractivity contribution in [3.63, 3.8) is 0 Å². The van der Waals surface area contributed by atoms with E-state index in [4.69, 9.17) is 13.8 Å². The maximum Gasteiger partial charge on any atom is 0.144 e. The van der Waals surface area contributed by atoms with Gasteiger partial charge in [-0.15, -0.1) is 0 Å². The summed E-state index contributed by atoms with van der Waals surface area (Å²) < 4.78 is 13.4. The molecule has 3 heteroatoms. The van der Waals surface area contributed by atoms with Gasteiger partial charge in [-0.1, -0.05) is 115 Å². The predicted octanol–water partition coefficient (Wildman–Crippen LogP) is 12.8. The van der Waals surface area contributed by atoms with Crippen LogP contribution < -0.4 is 0 Å². The molecule has 0 N–H and O–H groups in total. The SMILES string of the molecule is c1ccc(-c2nc3cc(-c4cc5ccccc5c5c4oc4cc6ccccc6cc45)ccc3c3c2ccc2c4ccccc4oc23)cc1. The molecule has 0 fully saturated rings. The standard InChI is InChI=1S/C45H25NO2/c1-2-10-26(11-3-1)43-35-21-20-33-32-16-8-9-17-39(32)47-44(33)42(35)34-19-18-30(24-38(34)46-43)36-23-29-14-6-7-15-31(29)41-37-22-27-12-4-5-13-28(27)25-40(37)48-45(36)41/h1-25H. The lowest BCUT2D eigenvalue weighted by Gasteiger charge is -2.13. The third-order valence-corrected chi connectivity index (χ3v) is 9.99. The maximum atomic E-state index is 6.79. The first-order valence-electron chi connectivity index (χ1n) is 16.3. The van der Waals surface area contributed by atoms with Gasteiger partial charge in [0.2, 0.25) is 0 Å². The lowest BCUT2D eigenvalue weighted by Crippen LogP contribution is -1.91. The third kappa shape index (κ3) is 3.56. The molecule has 222 valence electrons. The largest absolute Gasteiger partial charge is 0.455 e. The van der Waals surface area contributed by atoms with E-state index in [0.717, 1.165) is 87.9 Å². The molecule has 0 aliphatic heterocycles. The zero-order valence-electron chi connectivity index (χ0n) is 25.7. The Morgan fingerprint density at radius 1 is 0.375 bits per heavy atom. The van der Waals surface area contributed by atoms with Crippen LogP contribution in [0.5, 0.6) is 0 Å². The van der Waals surface area contributed by atoms with Gasteiger partial charge >= 0.3 is 0 Å². The lowest BCUT2D eigenvalue weighted by atomic mass is 9.93. The zero-order valence-corrected chi connectivity index (χ0v) is 25.7. The molecule has 0 amide bonds. The summed E-state index contributed by atoms with van der Waals surface area (Å²) in [4.78, 5) is 5.37. The van der Waals surface area contributed by atoms with E-state index in [-0.39, 0.29) is 0 Å². The second-order valence-corrected chi connectivity index (χ2v) is 12.7. The van der Waals surface area contributed by atoms with Crippen molar-refractivity contribution in [1.82, 2.24) is 4.98 Å². The summed E-state index contributed by atoms with van der Waals surface area (Å²) in [6.07, 6.45) is 0. The number of para-hydroxylation sites is 1. The Kier molecular flexibility index (Phi) is 5.11. The number of fused-ring (bicyclic) bond motifs is 13. The summed E-state index contributed by atoms with van der Waals surface area (Å²) in [7, 11) is 0. The molecule has 0 atom stereocenters. The second-order valence-electron chi connectivity index (χ2n) is 12.7. The summed E-state index contributed by atoms with van der Waals surface area (Å²) in [5.41, 5.74) is 8.60. The Hall–Kier alpha value is -6.45. The van der Waals surface area contributed by atoms with Gasteiger partial charge in [0.05, 0.1) is 11.2 Å². The fourth-order valence-corrected chi connectivity index (χ4v) is 7.78. The molecule has 0 spiro atoms. The smallest absolute Gasteiger partial charge is 0.144 e. The van der Waals surface area contributed by atoms with Crippen molar-refractivity contribution in [2.24, 2.45) is 0 Å². The number of hydrogen-bond acceptors (Lipinski definition) is 3. The molecule has 0 aliphatic carbocycles. The normalized spacial score (nSPS) is 12.2. The molecule has 3 nitrogen and oxygen atoms in total. The predicted molar refractivity (Wildman–Crippen MR) is 200 cm³/mol. The van der Waals surface area contributed by atoms with Gasteiger partial charge in [-0.05, 0) is 63.5 Å². The molecular formula is C45H25NO2. The highest BCUT2D eigenvalue weighted by Gasteiger charge is 2.20. The Labute approximate surface area is 274 Å². The van der Waals surface area contributed by atoms with Gasteiger partial charge in [-0.3, -0.25) is 0 Å². The number of aromatic nitrogens is 1. The first kappa shape index (κ1) is 25.7. The van der Waals surface area contributed by atoms with Crippen LogP contribution in [0.2, 0.25) is 0 Å². The number of hydrogen-bond donors (Lipinski definition) is 0. The van der Waals surface area contributed by atoms with Gasteiger partial charge in [0, 0.05) is 48.8 Å². The van der Waals surface area contributed by atoms with Crippen molar-refractivity contribution in [3.05, 3.63) is 152 Å². The van der Waals surface area contributed by atoms with Crippen molar-refractivity contribution in [3.8, 4) is 22.4 Å². The Bertz CT molecular complexity index is 3110. The number of nitrogens with zero attached hydrogens (tertiary/aromatic N) is 1. The molecule has 8 aromatic carbocycles. The quantitative estimate of drug-likeness (QED) is 0.183. The van der Waals surface area contributed by atoms with Crippen LogP contribution in [0.25, 0.3) is 109 Å². The molecular weight excluding hydrogens is 587 g/mol. The first-order valence-corrected chi connectivity index (χ1v) is 16.3. The van der Waals surface area contributed by atoms with E-state index in [1.807, 2.05) is 18.2 Å². The van der Waals surface area contributed by atoms with Crippen LogP contribution in [-0.4, -0.2) is 4.98 Å². The van der Waals surface area contributed by atoms with Crippen LogP contribution in [0.4, 0.5) is 0 Å². The average molecular weight is 612 g/mol. The van der Waals surface area contributed by atoms with Gasteiger partial charge in [0.25, 0.3) is 0 Å². The highest BCUT2D eigenvalue weighted by molar-refractivity contribution is 6.26. The van der Waals surface area contributed by atoms with Crippen LogP contribution in [0.1, 0.15) is 0 Å². The molecule has 3 aromatic heterocycles. The summed E-state index contributed by atoms with van der Waals surface area (Å²) in [5.74, 6) is 0. The van der Waals surface area contributed by atoms with E-state index in [9.17, 15) is 0 Å². The van der Waals surface area contributed by atoms with Gasteiger partial charge in [-0.2, -0.15) is 0 Å². The molecule has 0 unspecified atom stereocenters.